The Hall–Kier alpha value is -3.20. The maximum absolute atomic E-state index is 15.0. The standard InChI is InChI=1S/C28H26F2O/c1-2-31-26-16-8-20(9-17-26)3-4-22-10-18-27-24(19-22)13-12-23(28(27)30)11-5-21-6-14-25(29)15-7-21/h6-10,12-19H,2-5,11H2,1H3. The molecule has 4 aromatic rings. The van der Waals surface area contributed by atoms with E-state index in [-0.39, 0.29) is 11.6 Å². The molecule has 0 aliphatic heterocycles. The molecule has 0 unspecified atom stereocenters. The van der Waals surface area contributed by atoms with Gasteiger partial charge < -0.3 is 4.74 Å². The Kier molecular flexibility index (Phi) is 6.61. The van der Waals surface area contributed by atoms with Crippen LogP contribution in [0.1, 0.15) is 29.2 Å². The molecule has 0 radical (unpaired) electrons. The summed E-state index contributed by atoms with van der Waals surface area (Å²) >= 11 is 0. The van der Waals surface area contributed by atoms with Gasteiger partial charge in [0.15, 0.2) is 0 Å². The molecule has 0 fully saturated rings. The van der Waals surface area contributed by atoms with Crippen molar-refractivity contribution in [3.8, 4) is 5.75 Å². The van der Waals surface area contributed by atoms with Crippen LogP contribution < -0.4 is 4.74 Å². The highest BCUT2D eigenvalue weighted by atomic mass is 19.1. The smallest absolute Gasteiger partial charge is 0.134 e. The highest BCUT2D eigenvalue weighted by Crippen LogP contribution is 2.24. The third-order valence-electron chi connectivity index (χ3n) is 5.63. The lowest BCUT2D eigenvalue weighted by molar-refractivity contribution is 0.340. The van der Waals surface area contributed by atoms with E-state index in [1.807, 2.05) is 43.3 Å². The molecule has 0 spiro atoms. The average molecular weight is 417 g/mol. The first kappa shape index (κ1) is 21.0. The van der Waals surface area contributed by atoms with E-state index in [9.17, 15) is 4.39 Å². The van der Waals surface area contributed by atoms with Crippen molar-refractivity contribution < 1.29 is 13.5 Å². The molecule has 1 nitrogen and oxygen atoms in total. The lowest BCUT2D eigenvalue weighted by atomic mass is 9.97. The van der Waals surface area contributed by atoms with Crippen molar-refractivity contribution in [3.63, 3.8) is 0 Å². The Bertz CT molecular complexity index is 1150. The van der Waals surface area contributed by atoms with Crippen molar-refractivity contribution in [1.29, 1.82) is 0 Å². The van der Waals surface area contributed by atoms with E-state index in [0.717, 1.165) is 29.5 Å². The minimum absolute atomic E-state index is 0.155. The van der Waals surface area contributed by atoms with Gasteiger partial charge in [0, 0.05) is 5.39 Å². The summed E-state index contributed by atoms with van der Waals surface area (Å²) in [4.78, 5) is 0. The van der Waals surface area contributed by atoms with Crippen LogP contribution in [-0.4, -0.2) is 6.61 Å². The van der Waals surface area contributed by atoms with Gasteiger partial charge in [-0.1, -0.05) is 54.6 Å². The molecule has 0 aromatic heterocycles. The van der Waals surface area contributed by atoms with Crippen LogP contribution in [-0.2, 0) is 25.7 Å². The van der Waals surface area contributed by atoms with Crippen molar-refractivity contribution in [3.05, 3.63) is 113 Å². The van der Waals surface area contributed by atoms with Gasteiger partial charge in [0.25, 0.3) is 0 Å². The van der Waals surface area contributed by atoms with Gasteiger partial charge in [0.05, 0.1) is 6.61 Å². The molecular weight excluding hydrogens is 390 g/mol. The fraction of sp³-hybridized carbons (Fsp3) is 0.214. The minimum atomic E-state index is -0.251. The predicted octanol–water partition coefficient (Wildman–Crippen LogP) is 7.09. The molecular formula is C28H26F2O. The Balaban J connectivity index is 1.43. The van der Waals surface area contributed by atoms with Crippen LogP contribution in [0.4, 0.5) is 8.78 Å². The van der Waals surface area contributed by atoms with Crippen molar-refractivity contribution in [2.75, 3.05) is 6.61 Å². The SMILES string of the molecule is CCOc1ccc(CCc2ccc3c(F)c(CCc4ccc(F)cc4)ccc3c2)cc1. The minimum Gasteiger partial charge on any atom is -0.494 e. The van der Waals surface area contributed by atoms with Crippen LogP contribution in [0.3, 0.4) is 0 Å². The maximum atomic E-state index is 15.0. The molecule has 0 aliphatic carbocycles. The molecule has 0 saturated carbocycles. The van der Waals surface area contributed by atoms with Gasteiger partial charge in [-0.05, 0) is 84.5 Å². The van der Waals surface area contributed by atoms with Crippen LogP contribution in [0, 0.1) is 11.6 Å². The molecule has 0 amide bonds. The first-order valence-corrected chi connectivity index (χ1v) is 10.8. The molecule has 0 bridgehead atoms. The number of halogens is 2. The van der Waals surface area contributed by atoms with Gasteiger partial charge in [-0.15, -0.1) is 0 Å². The quantitative estimate of drug-likeness (QED) is 0.298. The molecule has 0 saturated heterocycles. The number of aryl methyl sites for hydroxylation is 4. The largest absolute Gasteiger partial charge is 0.494 e. The van der Waals surface area contributed by atoms with E-state index < -0.39 is 0 Å². The highest BCUT2D eigenvalue weighted by Gasteiger charge is 2.09. The predicted molar refractivity (Wildman–Crippen MR) is 123 cm³/mol. The molecule has 4 aromatic carbocycles. The average Bonchev–Trinajstić information content (AvgIpc) is 2.79. The Morgan fingerprint density at radius 2 is 1.26 bits per heavy atom. The van der Waals surface area contributed by atoms with E-state index in [2.05, 4.69) is 18.2 Å². The zero-order valence-electron chi connectivity index (χ0n) is 17.7. The zero-order chi connectivity index (χ0) is 21.6. The molecule has 0 aliphatic rings. The van der Waals surface area contributed by atoms with Crippen LogP contribution in [0.25, 0.3) is 10.8 Å². The van der Waals surface area contributed by atoms with Crippen LogP contribution >= 0.6 is 0 Å². The number of rotatable bonds is 8. The van der Waals surface area contributed by atoms with E-state index in [4.69, 9.17) is 4.74 Å². The third-order valence-corrected chi connectivity index (χ3v) is 5.63. The van der Waals surface area contributed by atoms with E-state index in [1.165, 1.54) is 23.3 Å². The fourth-order valence-electron chi connectivity index (χ4n) is 3.87. The fourth-order valence-corrected chi connectivity index (χ4v) is 3.87. The normalized spacial score (nSPS) is 11.1. The molecule has 0 N–H and O–H groups in total. The van der Waals surface area contributed by atoms with E-state index in [0.29, 0.717) is 30.4 Å². The second-order valence-corrected chi connectivity index (χ2v) is 7.80. The summed E-state index contributed by atoms with van der Waals surface area (Å²) in [5.74, 6) is 0.485. The Labute approximate surface area is 182 Å². The zero-order valence-corrected chi connectivity index (χ0v) is 17.7. The summed E-state index contributed by atoms with van der Waals surface area (Å²) in [7, 11) is 0. The summed E-state index contributed by atoms with van der Waals surface area (Å²) in [6.45, 7) is 2.64. The third kappa shape index (κ3) is 5.29. The molecule has 158 valence electrons. The number of benzene rings is 4. The summed E-state index contributed by atoms with van der Waals surface area (Å²) < 4.78 is 33.6. The summed E-state index contributed by atoms with van der Waals surface area (Å²) in [6, 6.07) is 24.5. The number of ether oxygens (including phenoxy) is 1. The first-order valence-electron chi connectivity index (χ1n) is 10.8. The topological polar surface area (TPSA) is 9.23 Å². The van der Waals surface area contributed by atoms with Crippen LogP contribution in [0.2, 0.25) is 0 Å². The molecule has 0 atom stereocenters. The van der Waals surface area contributed by atoms with Gasteiger partial charge in [-0.2, -0.15) is 0 Å². The molecule has 4 rings (SSSR count). The number of fused-ring (bicyclic) bond motifs is 1. The number of hydrogen-bond donors (Lipinski definition) is 0. The van der Waals surface area contributed by atoms with Gasteiger partial charge in [0.1, 0.15) is 17.4 Å². The second kappa shape index (κ2) is 9.74. The molecule has 0 heterocycles. The van der Waals surface area contributed by atoms with Crippen molar-refractivity contribution in [2.45, 2.75) is 32.6 Å². The van der Waals surface area contributed by atoms with E-state index >= 15 is 4.39 Å². The Morgan fingerprint density at radius 1 is 0.645 bits per heavy atom. The maximum Gasteiger partial charge on any atom is 0.134 e. The van der Waals surface area contributed by atoms with E-state index in [1.54, 1.807) is 12.1 Å². The monoisotopic (exact) mass is 416 g/mol. The summed E-state index contributed by atoms with van der Waals surface area (Å²) in [6.07, 6.45) is 3.10. The van der Waals surface area contributed by atoms with Gasteiger partial charge in [0.2, 0.25) is 0 Å². The van der Waals surface area contributed by atoms with Crippen LogP contribution in [0.5, 0.6) is 5.75 Å². The lowest BCUT2D eigenvalue weighted by Gasteiger charge is -2.09. The summed E-state index contributed by atoms with van der Waals surface area (Å²) in [5, 5.41) is 1.58. The van der Waals surface area contributed by atoms with Crippen molar-refractivity contribution >= 4 is 10.8 Å². The van der Waals surface area contributed by atoms with Crippen molar-refractivity contribution in [1.82, 2.24) is 0 Å². The van der Waals surface area contributed by atoms with Gasteiger partial charge >= 0.3 is 0 Å². The highest BCUT2D eigenvalue weighted by molar-refractivity contribution is 5.84. The van der Waals surface area contributed by atoms with Gasteiger partial charge in [-0.3, -0.25) is 0 Å². The molecule has 3 heteroatoms. The van der Waals surface area contributed by atoms with Crippen LogP contribution in [0.15, 0.2) is 78.9 Å². The summed E-state index contributed by atoms with van der Waals surface area (Å²) in [5.41, 5.74) is 4.15. The Morgan fingerprint density at radius 3 is 1.97 bits per heavy atom. The van der Waals surface area contributed by atoms with Crippen molar-refractivity contribution in [2.24, 2.45) is 0 Å². The molecule has 31 heavy (non-hydrogen) atoms. The first-order chi connectivity index (χ1) is 15.1. The lowest BCUT2D eigenvalue weighted by Crippen LogP contribution is -1.97. The second-order valence-electron chi connectivity index (χ2n) is 7.80. The van der Waals surface area contributed by atoms with Gasteiger partial charge in [-0.25, -0.2) is 8.78 Å². The number of hydrogen-bond acceptors (Lipinski definition) is 1.